The van der Waals surface area contributed by atoms with Gasteiger partial charge in [-0.3, -0.25) is 4.98 Å². The average molecular weight is 302 g/mol. The van der Waals surface area contributed by atoms with Crippen LogP contribution in [0, 0.1) is 0 Å². The first-order valence-electron chi connectivity index (χ1n) is 6.23. The number of hydrogen-bond donors (Lipinski definition) is 0. The fourth-order valence-corrected chi connectivity index (χ4v) is 2.26. The predicted molar refractivity (Wildman–Crippen MR) is 80.9 cm³/mol. The summed E-state index contributed by atoms with van der Waals surface area (Å²) in [7, 11) is 3.15. The molecule has 0 spiro atoms. The van der Waals surface area contributed by atoms with Crippen LogP contribution in [0.4, 0.5) is 0 Å². The minimum atomic E-state index is 0.299. The summed E-state index contributed by atoms with van der Waals surface area (Å²) in [5.74, 6) is 1.18. The maximum Gasteiger partial charge on any atom is 0.163 e. The summed E-state index contributed by atoms with van der Waals surface area (Å²) in [6, 6.07) is 9.06. The van der Waals surface area contributed by atoms with E-state index in [2.05, 4.69) is 15.0 Å². The van der Waals surface area contributed by atoms with Gasteiger partial charge >= 0.3 is 0 Å². The van der Waals surface area contributed by atoms with Crippen LogP contribution < -0.4 is 9.47 Å². The molecule has 2 aromatic heterocycles. The van der Waals surface area contributed by atoms with E-state index in [9.17, 15) is 0 Å². The lowest BCUT2D eigenvalue weighted by Gasteiger charge is -2.10. The van der Waals surface area contributed by atoms with Crippen molar-refractivity contribution >= 4 is 22.6 Å². The number of pyridine rings is 1. The first kappa shape index (κ1) is 13.6. The SMILES string of the molecule is COc1cc2nc(Cl)c(-c3ccccn3)nc2cc1OC. The van der Waals surface area contributed by atoms with E-state index >= 15 is 0 Å². The molecule has 0 N–H and O–H groups in total. The summed E-state index contributed by atoms with van der Waals surface area (Å²) in [5, 5.41) is 0.299. The molecule has 5 nitrogen and oxygen atoms in total. The van der Waals surface area contributed by atoms with Gasteiger partial charge in [-0.25, -0.2) is 9.97 Å². The normalized spacial score (nSPS) is 10.6. The molecule has 0 bridgehead atoms. The van der Waals surface area contributed by atoms with Crippen molar-refractivity contribution in [2.75, 3.05) is 14.2 Å². The summed E-state index contributed by atoms with van der Waals surface area (Å²) < 4.78 is 10.5. The lowest BCUT2D eigenvalue weighted by Crippen LogP contribution is -1.96. The van der Waals surface area contributed by atoms with Crippen LogP contribution in [0.1, 0.15) is 0 Å². The Labute approximate surface area is 126 Å². The van der Waals surface area contributed by atoms with Crippen molar-refractivity contribution in [3.05, 3.63) is 41.7 Å². The van der Waals surface area contributed by atoms with Crippen molar-refractivity contribution < 1.29 is 9.47 Å². The van der Waals surface area contributed by atoms with Gasteiger partial charge in [-0.1, -0.05) is 17.7 Å². The van der Waals surface area contributed by atoms with Crippen LogP contribution in [0.2, 0.25) is 5.15 Å². The molecule has 0 radical (unpaired) electrons. The number of fused-ring (bicyclic) bond motifs is 1. The molecule has 3 aromatic rings. The van der Waals surface area contributed by atoms with Gasteiger partial charge in [0.05, 0.1) is 30.9 Å². The second-order valence-corrected chi connectivity index (χ2v) is 4.63. The summed E-state index contributed by atoms with van der Waals surface area (Å²) in [5.41, 5.74) is 2.51. The molecular weight excluding hydrogens is 290 g/mol. The second-order valence-electron chi connectivity index (χ2n) is 4.27. The summed E-state index contributed by atoms with van der Waals surface area (Å²) in [6.45, 7) is 0. The Balaban J connectivity index is 2.23. The molecule has 0 aliphatic carbocycles. The highest BCUT2D eigenvalue weighted by Gasteiger charge is 2.13. The molecule has 21 heavy (non-hydrogen) atoms. The van der Waals surface area contributed by atoms with E-state index < -0.39 is 0 Å². The molecule has 0 saturated carbocycles. The van der Waals surface area contributed by atoms with Crippen molar-refractivity contribution in [3.8, 4) is 22.9 Å². The van der Waals surface area contributed by atoms with Gasteiger partial charge in [0.2, 0.25) is 0 Å². The maximum atomic E-state index is 6.22. The lowest BCUT2D eigenvalue weighted by molar-refractivity contribution is 0.355. The van der Waals surface area contributed by atoms with Gasteiger partial charge in [-0.05, 0) is 12.1 Å². The fraction of sp³-hybridized carbons (Fsp3) is 0.133. The number of methoxy groups -OCH3 is 2. The number of benzene rings is 1. The zero-order chi connectivity index (χ0) is 14.8. The third-order valence-electron chi connectivity index (χ3n) is 3.03. The Bertz CT molecular complexity index is 794. The number of hydrogen-bond acceptors (Lipinski definition) is 5. The van der Waals surface area contributed by atoms with Crippen LogP contribution in [-0.4, -0.2) is 29.2 Å². The third kappa shape index (κ3) is 2.48. The van der Waals surface area contributed by atoms with E-state index in [1.165, 1.54) is 0 Å². The largest absolute Gasteiger partial charge is 0.493 e. The summed E-state index contributed by atoms with van der Waals surface area (Å²) in [4.78, 5) is 13.1. The first-order chi connectivity index (χ1) is 10.2. The van der Waals surface area contributed by atoms with Gasteiger partial charge in [0.25, 0.3) is 0 Å². The zero-order valence-corrected chi connectivity index (χ0v) is 12.3. The molecule has 0 saturated heterocycles. The number of ether oxygens (including phenoxy) is 2. The van der Waals surface area contributed by atoms with Gasteiger partial charge in [0.15, 0.2) is 16.7 Å². The van der Waals surface area contributed by atoms with Crippen LogP contribution in [0.25, 0.3) is 22.4 Å². The molecule has 0 fully saturated rings. The van der Waals surface area contributed by atoms with E-state index in [1.807, 2.05) is 18.2 Å². The average Bonchev–Trinajstić information content (AvgIpc) is 2.53. The van der Waals surface area contributed by atoms with Crippen LogP contribution in [0.3, 0.4) is 0 Å². The molecule has 3 rings (SSSR count). The Morgan fingerprint density at radius 2 is 1.62 bits per heavy atom. The Morgan fingerprint density at radius 3 is 2.19 bits per heavy atom. The van der Waals surface area contributed by atoms with Crippen molar-refractivity contribution in [2.24, 2.45) is 0 Å². The van der Waals surface area contributed by atoms with Gasteiger partial charge in [-0.15, -0.1) is 0 Å². The van der Waals surface area contributed by atoms with E-state index in [0.717, 1.165) is 0 Å². The van der Waals surface area contributed by atoms with E-state index in [1.54, 1.807) is 32.5 Å². The standard InChI is InChI=1S/C15H12ClN3O2/c1-20-12-7-10-11(8-13(12)21-2)19-15(16)14(18-10)9-5-3-4-6-17-9/h3-8H,1-2H3. The third-order valence-corrected chi connectivity index (χ3v) is 3.30. The minimum absolute atomic E-state index is 0.299. The Kier molecular flexibility index (Phi) is 3.58. The highest BCUT2D eigenvalue weighted by Crippen LogP contribution is 2.33. The van der Waals surface area contributed by atoms with Gasteiger partial charge in [0.1, 0.15) is 5.69 Å². The highest BCUT2D eigenvalue weighted by molar-refractivity contribution is 6.32. The number of aromatic nitrogens is 3. The van der Waals surface area contributed by atoms with Crippen molar-refractivity contribution in [2.45, 2.75) is 0 Å². The van der Waals surface area contributed by atoms with E-state index in [0.29, 0.717) is 39.1 Å². The van der Waals surface area contributed by atoms with E-state index in [4.69, 9.17) is 21.1 Å². The van der Waals surface area contributed by atoms with Crippen molar-refractivity contribution in [3.63, 3.8) is 0 Å². The molecule has 1 aromatic carbocycles. The van der Waals surface area contributed by atoms with Crippen LogP contribution >= 0.6 is 11.6 Å². The summed E-state index contributed by atoms with van der Waals surface area (Å²) >= 11 is 6.22. The smallest absolute Gasteiger partial charge is 0.163 e. The molecular formula is C15H12ClN3O2. The Hall–Kier alpha value is -2.40. The molecule has 0 amide bonds. The molecule has 0 aliphatic rings. The molecule has 106 valence electrons. The van der Waals surface area contributed by atoms with E-state index in [-0.39, 0.29) is 0 Å². The zero-order valence-electron chi connectivity index (χ0n) is 11.5. The first-order valence-corrected chi connectivity index (χ1v) is 6.61. The predicted octanol–water partition coefficient (Wildman–Crippen LogP) is 3.36. The van der Waals surface area contributed by atoms with Gasteiger partial charge in [0, 0.05) is 18.3 Å². The number of nitrogens with zero attached hydrogens (tertiary/aromatic N) is 3. The van der Waals surface area contributed by atoms with Crippen molar-refractivity contribution in [1.29, 1.82) is 0 Å². The minimum Gasteiger partial charge on any atom is -0.493 e. The highest BCUT2D eigenvalue weighted by atomic mass is 35.5. The maximum absolute atomic E-state index is 6.22. The molecule has 2 heterocycles. The lowest BCUT2D eigenvalue weighted by atomic mass is 10.2. The van der Waals surface area contributed by atoms with Crippen molar-refractivity contribution in [1.82, 2.24) is 15.0 Å². The number of rotatable bonds is 3. The van der Waals surface area contributed by atoms with Gasteiger partial charge < -0.3 is 9.47 Å². The molecule has 0 unspecified atom stereocenters. The quantitative estimate of drug-likeness (QED) is 0.742. The second kappa shape index (κ2) is 5.54. The van der Waals surface area contributed by atoms with Crippen LogP contribution in [0.5, 0.6) is 11.5 Å². The number of halogens is 1. The fourth-order valence-electron chi connectivity index (χ4n) is 2.03. The monoisotopic (exact) mass is 301 g/mol. The molecule has 0 aliphatic heterocycles. The summed E-state index contributed by atoms with van der Waals surface area (Å²) in [6.07, 6.45) is 1.69. The Morgan fingerprint density at radius 1 is 0.952 bits per heavy atom. The molecule has 0 atom stereocenters. The topological polar surface area (TPSA) is 57.1 Å². The van der Waals surface area contributed by atoms with Gasteiger partial charge in [-0.2, -0.15) is 0 Å². The van der Waals surface area contributed by atoms with Crippen LogP contribution in [0.15, 0.2) is 36.5 Å². The molecule has 6 heteroatoms. The van der Waals surface area contributed by atoms with Crippen LogP contribution in [-0.2, 0) is 0 Å².